The van der Waals surface area contributed by atoms with Crippen molar-refractivity contribution in [2.24, 2.45) is 12.8 Å². The summed E-state index contributed by atoms with van der Waals surface area (Å²) in [5.74, 6) is -1.15. The van der Waals surface area contributed by atoms with Crippen LogP contribution in [-0.2, 0) is 13.5 Å². The zero-order valence-corrected chi connectivity index (χ0v) is 12.5. The van der Waals surface area contributed by atoms with Gasteiger partial charge in [-0.25, -0.2) is 8.78 Å². The molecule has 2 N–H and O–H groups in total. The second-order valence-corrected chi connectivity index (χ2v) is 5.88. The first-order valence-electron chi connectivity index (χ1n) is 6.29. The standard InChI is InChI=1S/C14H17F2N3S/c1-8(17)6-11-9(2)18-19(3)14(11)20-13-5-4-10(15)7-12(13)16/h4-5,7-8H,6,17H2,1-3H3. The molecule has 0 radical (unpaired) electrons. The van der Waals surface area contributed by atoms with Crippen LogP contribution in [0.25, 0.3) is 0 Å². The van der Waals surface area contributed by atoms with Gasteiger partial charge in [-0.1, -0.05) is 11.8 Å². The first-order valence-corrected chi connectivity index (χ1v) is 7.11. The maximum absolute atomic E-state index is 13.8. The smallest absolute Gasteiger partial charge is 0.140 e. The lowest BCUT2D eigenvalue weighted by Crippen LogP contribution is -2.18. The predicted molar refractivity (Wildman–Crippen MR) is 75.8 cm³/mol. The minimum Gasteiger partial charge on any atom is -0.328 e. The summed E-state index contributed by atoms with van der Waals surface area (Å²) in [6.45, 7) is 3.82. The molecule has 0 saturated heterocycles. The molecular formula is C14H17F2N3S. The number of nitrogens with zero attached hydrogens (tertiary/aromatic N) is 2. The van der Waals surface area contributed by atoms with E-state index in [1.807, 2.05) is 13.8 Å². The Bertz CT molecular complexity index is 623. The average molecular weight is 297 g/mol. The highest BCUT2D eigenvalue weighted by Gasteiger charge is 2.17. The molecule has 1 atom stereocenters. The van der Waals surface area contributed by atoms with Gasteiger partial charge in [-0.15, -0.1) is 0 Å². The number of aryl methyl sites for hydroxylation is 2. The Kier molecular flexibility index (Phi) is 4.45. The van der Waals surface area contributed by atoms with Gasteiger partial charge in [0.15, 0.2) is 0 Å². The van der Waals surface area contributed by atoms with Gasteiger partial charge in [0.25, 0.3) is 0 Å². The number of hydrogen-bond donors (Lipinski definition) is 1. The van der Waals surface area contributed by atoms with E-state index in [0.717, 1.165) is 22.3 Å². The van der Waals surface area contributed by atoms with E-state index >= 15 is 0 Å². The third-order valence-corrected chi connectivity index (χ3v) is 4.17. The highest BCUT2D eigenvalue weighted by atomic mass is 32.2. The molecule has 1 heterocycles. The lowest BCUT2D eigenvalue weighted by atomic mass is 10.1. The van der Waals surface area contributed by atoms with E-state index in [4.69, 9.17) is 5.73 Å². The van der Waals surface area contributed by atoms with Crippen molar-refractivity contribution >= 4 is 11.8 Å². The Morgan fingerprint density at radius 1 is 1.40 bits per heavy atom. The topological polar surface area (TPSA) is 43.8 Å². The van der Waals surface area contributed by atoms with Crippen LogP contribution in [0.1, 0.15) is 18.2 Å². The molecule has 2 aromatic rings. The summed E-state index contributed by atoms with van der Waals surface area (Å²) in [6.07, 6.45) is 0.671. The van der Waals surface area contributed by atoms with Crippen LogP contribution in [0, 0.1) is 18.6 Å². The molecule has 1 aromatic heterocycles. The molecule has 6 heteroatoms. The predicted octanol–water partition coefficient (Wildman–Crippen LogP) is 3.05. The third kappa shape index (κ3) is 3.19. The maximum Gasteiger partial charge on any atom is 0.140 e. The molecule has 0 spiro atoms. The summed E-state index contributed by atoms with van der Waals surface area (Å²) in [5.41, 5.74) is 7.74. The fourth-order valence-corrected chi connectivity index (χ4v) is 3.06. The largest absolute Gasteiger partial charge is 0.328 e. The molecule has 0 bridgehead atoms. The summed E-state index contributed by atoms with van der Waals surface area (Å²) in [4.78, 5) is 0.375. The van der Waals surface area contributed by atoms with E-state index < -0.39 is 11.6 Å². The molecule has 0 amide bonds. The number of hydrogen-bond acceptors (Lipinski definition) is 3. The maximum atomic E-state index is 13.8. The monoisotopic (exact) mass is 297 g/mol. The Hall–Kier alpha value is -1.40. The molecule has 0 fully saturated rings. The molecule has 0 aliphatic carbocycles. The second-order valence-electron chi connectivity index (χ2n) is 4.85. The SMILES string of the molecule is Cc1nn(C)c(Sc2ccc(F)cc2F)c1CC(C)N. The molecule has 0 saturated carbocycles. The molecule has 108 valence electrons. The van der Waals surface area contributed by atoms with Crippen molar-refractivity contribution in [1.29, 1.82) is 0 Å². The van der Waals surface area contributed by atoms with Crippen molar-refractivity contribution in [3.05, 3.63) is 41.1 Å². The van der Waals surface area contributed by atoms with Gasteiger partial charge in [0.1, 0.15) is 16.7 Å². The number of nitrogens with two attached hydrogens (primary N) is 1. The van der Waals surface area contributed by atoms with Crippen LogP contribution in [0.2, 0.25) is 0 Å². The first-order chi connectivity index (χ1) is 9.38. The second kappa shape index (κ2) is 5.93. The van der Waals surface area contributed by atoms with E-state index in [9.17, 15) is 8.78 Å². The third-order valence-electron chi connectivity index (χ3n) is 2.92. The summed E-state index contributed by atoms with van der Waals surface area (Å²) in [6, 6.07) is 3.57. The molecule has 0 aliphatic rings. The van der Waals surface area contributed by atoms with Crippen molar-refractivity contribution in [2.75, 3.05) is 0 Å². The van der Waals surface area contributed by atoms with Crippen LogP contribution in [-0.4, -0.2) is 15.8 Å². The Labute approximate surface area is 121 Å². The van der Waals surface area contributed by atoms with E-state index in [1.165, 1.54) is 23.9 Å². The summed E-state index contributed by atoms with van der Waals surface area (Å²) in [5, 5.41) is 5.19. The van der Waals surface area contributed by atoms with Crippen LogP contribution >= 0.6 is 11.8 Å². The molecule has 1 aromatic carbocycles. The lowest BCUT2D eigenvalue weighted by molar-refractivity contribution is 0.565. The van der Waals surface area contributed by atoms with Gasteiger partial charge in [-0.05, 0) is 32.4 Å². The van der Waals surface area contributed by atoms with Gasteiger partial charge in [-0.2, -0.15) is 5.10 Å². The van der Waals surface area contributed by atoms with Crippen molar-refractivity contribution in [2.45, 2.75) is 36.2 Å². The van der Waals surface area contributed by atoms with Crippen LogP contribution in [0.5, 0.6) is 0 Å². The molecular weight excluding hydrogens is 280 g/mol. The Morgan fingerprint density at radius 3 is 2.70 bits per heavy atom. The Morgan fingerprint density at radius 2 is 2.10 bits per heavy atom. The molecule has 3 nitrogen and oxygen atoms in total. The van der Waals surface area contributed by atoms with Crippen LogP contribution in [0.3, 0.4) is 0 Å². The van der Waals surface area contributed by atoms with Crippen molar-refractivity contribution < 1.29 is 8.78 Å². The number of rotatable bonds is 4. The molecule has 2 rings (SSSR count). The van der Waals surface area contributed by atoms with Crippen molar-refractivity contribution in [3.8, 4) is 0 Å². The molecule has 1 unspecified atom stereocenters. The van der Waals surface area contributed by atoms with Crippen LogP contribution in [0.4, 0.5) is 8.78 Å². The summed E-state index contributed by atoms with van der Waals surface area (Å²) >= 11 is 1.24. The highest BCUT2D eigenvalue weighted by Crippen LogP contribution is 2.34. The van der Waals surface area contributed by atoms with Gasteiger partial charge < -0.3 is 5.73 Å². The van der Waals surface area contributed by atoms with Gasteiger partial charge >= 0.3 is 0 Å². The van der Waals surface area contributed by atoms with Gasteiger partial charge in [0, 0.05) is 29.6 Å². The fraction of sp³-hybridized carbons (Fsp3) is 0.357. The molecule has 0 aliphatic heterocycles. The minimum atomic E-state index is -0.580. The van der Waals surface area contributed by atoms with E-state index in [0.29, 0.717) is 11.3 Å². The number of aromatic nitrogens is 2. The molecule has 20 heavy (non-hydrogen) atoms. The highest BCUT2D eigenvalue weighted by molar-refractivity contribution is 7.99. The van der Waals surface area contributed by atoms with Gasteiger partial charge in [0.05, 0.1) is 5.69 Å². The van der Waals surface area contributed by atoms with Crippen LogP contribution < -0.4 is 5.73 Å². The summed E-state index contributed by atoms with van der Waals surface area (Å²) in [7, 11) is 1.81. The zero-order chi connectivity index (χ0) is 14.9. The minimum absolute atomic E-state index is 0.00434. The fourth-order valence-electron chi connectivity index (χ4n) is 2.03. The Balaban J connectivity index is 2.37. The normalized spacial score (nSPS) is 12.7. The van der Waals surface area contributed by atoms with Crippen molar-refractivity contribution in [1.82, 2.24) is 9.78 Å². The van der Waals surface area contributed by atoms with Crippen LogP contribution in [0.15, 0.2) is 28.1 Å². The number of benzene rings is 1. The van der Waals surface area contributed by atoms with Gasteiger partial charge in [0.2, 0.25) is 0 Å². The van der Waals surface area contributed by atoms with E-state index in [2.05, 4.69) is 5.10 Å². The first kappa shape index (κ1) is 15.0. The quantitative estimate of drug-likeness (QED) is 0.943. The number of halogens is 2. The van der Waals surface area contributed by atoms with E-state index in [1.54, 1.807) is 11.7 Å². The average Bonchev–Trinajstić information content (AvgIpc) is 2.58. The zero-order valence-electron chi connectivity index (χ0n) is 11.7. The van der Waals surface area contributed by atoms with Crippen molar-refractivity contribution in [3.63, 3.8) is 0 Å². The summed E-state index contributed by atoms with van der Waals surface area (Å²) < 4.78 is 28.4. The lowest BCUT2D eigenvalue weighted by Gasteiger charge is -2.09. The van der Waals surface area contributed by atoms with E-state index in [-0.39, 0.29) is 6.04 Å². The van der Waals surface area contributed by atoms with Gasteiger partial charge in [-0.3, -0.25) is 4.68 Å².